The van der Waals surface area contributed by atoms with Crippen LogP contribution in [0.1, 0.15) is 22.3 Å². The Labute approximate surface area is 174 Å². The number of hydrogen-bond donors (Lipinski definition) is 1. The molecule has 5 nitrogen and oxygen atoms in total. The van der Waals surface area contributed by atoms with E-state index in [9.17, 15) is 4.79 Å². The van der Waals surface area contributed by atoms with E-state index in [0.29, 0.717) is 13.2 Å². The van der Waals surface area contributed by atoms with Crippen molar-refractivity contribution < 1.29 is 9.53 Å². The number of carbonyl (C=O) groups is 1. The van der Waals surface area contributed by atoms with Crippen LogP contribution in [0, 0.1) is 27.7 Å². The molecule has 0 aliphatic carbocycles. The number of anilines is 1. The Morgan fingerprint density at radius 2 is 1.59 bits per heavy atom. The molecule has 0 aromatic heterocycles. The highest BCUT2D eigenvalue weighted by Gasteiger charge is 2.19. The minimum absolute atomic E-state index is 0.0640. The largest absolute Gasteiger partial charge is 0.492 e. The molecule has 1 fully saturated rings. The lowest BCUT2D eigenvalue weighted by Crippen LogP contribution is -2.49. The maximum Gasteiger partial charge on any atom is 0.238 e. The highest BCUT2D eigenvalue weighted by molar-refractivity contribution is 5.93. The number of amides is 1. The van der Waals surface area contributed by atoms with Gasteiger partial charge in [-0.05, 0) is 56.0 Å². The first-order valence-electron chi connectivity index (χ1n) is 10.4. The van der Waals surface area contributed by atoms with Crippen LogP contribution in [-0.2, 0) is 4.79 Å². The number of benzene rings is 2. The fraction of sp³-hybridized carbons (Fsp3) is 0.458. The Kier molecular flexibility index (Phi) is 7.29. The molecule has 156 valence electrons. The van der Waals surface area contributed by atoms with E-state index < -0.39 is 0 Å². The summed E-state index contributed by atoms with van der Waals surface area (Å²) in [4.78, 5) is 17.1. The topological polar surface area (TPSA) is 44.8 Å². The third kappa shape index (κ3) is 6.05. The molecule has 0 bridgehead atoms. The van der Waals surface area contributed by atoms with Gasteiger partial charge in [-0.2, -0.15) is 0 Å². The predicted octanol–water partition coefficient (Wildman–Crippen LogP) is 3.56. The summed E-state index contributed by atoms with van der Waals surface area (Å²) in [5, 5.41) is 3.09. The molecule has 5 heteroatoms. The first kappa shape index (κ1) is 21.3. The van der Waals surface area contributed by atoms with Crippen molar-refractivity contribution in [3.8, 4) is 5.75 Å². The number of para-hydroxylation sites is 1. The van der Waals surface area contributed by atoms with Gasteiger partial charge in [0.15, 0.2) is 0 Å². The zero-order valence-electron chi connectivity index (χ0n) is 18.1. The number of aryl methyl sites for hydroxylation is 4. The van der Waals surface area contributed by atoms with Crippen LogP contribution in [0.3, 0.4) is 0 Å². The lowest BCUT2D eigenvalue weighted by Gasteiger charge is -2.34. The molecular weight excluding hydrogens is 362 g/mol. The van der Waals surface area contributed by atoms with Gasteiger partial charge in [0.25, 0.3) is 0 Å². The van der Waals surface area contributed by atoms with Crippen LogP contribution in [-0.4, -0.2) is 61.6 Å². The van der Waals surface area contributed by atoms with Gasteiger partial charge in [0.05, 0.1) is 6.54 Å². The van der Waals surface area contributed by atoms with E-state index in [1.807, 2.05) is 32.0 Å². The molecule has 2 aromatic rings. The van der Waals surface area contributed by atoms with E-state index in [2.05, 4.69) is 47.2 Å². The normalized spacial score (nSPS) is 15.3. The molecule has 1 heterocycles. The number of hydrogen-bond acceptors (Lipinski definition) is 4. The number of rotatable bonds is 7. The van der Waals surface area contributed by atoms with E-state index in [-0.39, 0.29) is 5.91 Å². The Balaban J connectivity index is 1.39. The molecule has 1 aliphatic heterocycles. The van der Waals surface area contributed by atoms with Crippen molar-refractivity contribution in [2.45, 2.75) is 27.7 Å². The molecule has 0 unspecified atom stereocenters. The Bertz CT molecular complexity index is 822. The van der Waals surface area contributed by atoms with Crippen LogP contribution in [0.2, 0.25) is 0 Å². The Morgan fingerprint density at radius 3 is 2.28 bits per heavy atom. The molecule has 1 aliphatic rings. The van der Waals surface area contributed by atoms with Gasteiger partial charge in [-0.25, -0.2) is 0 Å². The van der Waals surface area contributed by atoms with E-state index >= 15 is 0 Å². The average molecular weight is 396 g/mol. The monoisotopic (exact) mass is 395 g/mol. The van der Waals surface area contributed by atoms with Gasteiger partial charge >= 0.3 is 0 Å². The predicted molar refractivity (Wildman–Crippen MR) is 119 cm³/mol. The zero-order chi connectivity index (χ0) is 20.8. The third-order valence-corrected chi connectivity index (χ3v) is 5.59. The van der Waals surface area contributed by atoms with Gasteiger partial charge in [0.2, 0.25) is 5.91 Å². The van der Waals surface area contributed by atoms with Gasteiger partial charge in [0.1, 0.15) is 12.4 Å². The molecule has 2 aromatic carbocycles. The number of piperazine rings is 1. The molecule has 3 rings (SSSR count). The molecule has 1 saturated heterocycles. The van der Waals surface area contributed by atoms with Crippen molar-refractivity contribution in [1.29, 1.82) is 0 Å². The second kappa shape index (κ2) is 9.90. The molecule has 1 amide bonds. The smallest absolute Gasteiger partial charge is 0.238 e. The van der Waals surface area contributed by atoms with Crippen LogP contribution in [0.4, 0.5) is 5.69 Å². The average Bonchev–Trinajstić information content (AvgIpc) is 2.69. The number of carbonyl (C=O) groups excluding carboxylic acids is 1. The summed E-state index contributed by atoms with van der Waals surface area (Å²) in [7, 11) is 0. The summed E-state index contributed by atoms with van der Waals surface area (Å²) in [6.07, 6.45) is 0. The summed E-state index contributed by atoms with van der Waals surface area (Å²) in [5.74, 6) is 1.04. The van der Waals surface area contributed by atoms with E-state index in [1.54, 1.807) is 0 Å². The first-order chi connectivity index (χ1) is 13.9. The number of ether oxygens (including phenoxy) is 1. The van der Waals surface area contributed by atoms with E-state index in [4.69, 9.17) is 4.74 Å². The molecule has 0 atom stereocenters. The van der Waals surface area contributed by atoms with Crippen LogP contribution in [0.15, 0.2) is 36.4 Å². The first-order valence-corrected chi connectivity index (χ1v) is 10.4. The quantitative estimate of drug-likeness (QED) is 0.779. The van der Waals surface area contributed by atoms with Crippen molar-refractivity contribution >= 4 is 11.6 Å². The molecule has 0 saturated carbocycles. The second-order valence-corrected chi connectivity index (χ2v) is 8.05. The van der Waals surface area contributed by atoms with Gasteiger partial charge in [-0.15, -0.1) is 0 Å². The van der Waals surface area contributed by atoms with Gasteiger partial charge in [-0.1, -0.05) is 30.3 Å². The fourth-order valence-electron chi connectivity index (χ4n) is 3.71. The van der Waals surface area contributed by atoms with Crippen molar-refractivity contribution in [3.05, 3.63) is 58.7 Å². The molecule has 0 spiro atoms. The molecule has 29 heavy (non-hydrogen) atoms. The van der Waals surface area contributed by atoms with Crippen molar-refractivity contribution in [1.82, 2.24) is 9.80 Å². The highest BCUT2D eigenvalue weighted by Crippen LogP contribution is 2.20. The van der Waals surface area contributed by atoms with Gasteiger partial charge < -0.3 is 10.1 Å². The Morgan fingerprint density at radius 1 is 0.931 bits per heavy atom. The third-order valence-electron chi connectivity index (χ3n) is 5.59. The van der Waals surface area contributed by atoms with Crippen LogP contribution >= 0.6 is 0 Å². The minimum Gasteiger partial charge on any atom is -0.492 e. The zero-order valence-corrected chi connectivity index (χ0v) is 18.1. The van der Waals surface area contributed by atoms with E-state index in [0.717, 1.165) is 55.3 Å². The standard InChI is InChI=1S/C24H33N3O2/c1-18-8-9-19(2)22(16-18)29-15-14-26-10-12-27(13-11-26)17-23(28)25-24-20(3)6-5-7-21(24)4/h5-9,16H,10-15,17H2,1-4H3,(H,25,28). The lowest BCUT2D eigenvalue weighted by atomic mass is 10.1. The molecular formula is C24H33N3O2. The second-order valence-electron chi connectivity index (χ2n) is 8.05. The summed E-state index contributed by atoms with van der Waals surface area (Å²) in [6.45, 7) is 14.0. The number of nitrogens with zero attached hydrogens (tertiary/aromatic N) is 2. The molecule has 1 N–H and O–H groups in total. The summed E-state index contributed by atoms with van der Waals surface area (Å²) in [5.41, 5.74) is 5.55. The van der Waals surface area contributed by atoms with Crippen molar-refractivity contribution in [2.24, 2.45) is 0 Å². The summed E-state index contributed by atoms with van der Waals surface area (Å²) in [6, 6.07) is 12.4. The molecule has 0 radical (unpaired) electrons. The van der Waals surface area contributed by atoms with Crippen molar-refractivity contribution in [3.63, 3.8) is 0 Å². The van der Waals surface area contributed by atoms with Crippen LogP contribution in [0.5, 0.6) is 5.75 Å². The maximum atomic E-state index is 12.5. The lowest BCUT2D eigenvalue weighted by molar-refractivity contribution is -0.117. The summed E-state index contributed by atoms with van der Waals surface area (Å²) >= 11 is 0. The SMILES string of the molecule is Cc1ccc(C)c(OCCN2CCN(CC(=O)Nc3c(C)cccc3C)CC2)c1. The van der Waals surface area contributed by atoms with Crippen molar-refractivity contribution in [2.75, 3.05) is 51.2 Å². The maximum absolute atomic E-state index is 12.5. The highest BCUT2D eigenvalue weighted by atomic mass is 16.5. The van der Waals surface area contributed by atoms with E-state index in [1.165, 1.54) is 11.1 Å². The van der Waals surface area contributed by atoms with Gasteiger partial charge in [-0.3, -0.25) is 14.6 Å². The minimum atomic E-state index is 0.0640. The van der Waals surface area contributed by atoms with Crippen LogP contribution < -0.4 is 10.1 Å². The number of nitrogens with one attached hydrogen (secondary N) is 1. The van der Waals surface area contributed by atoms with Crippen LogP contribution in [0.25, 0.3) is 0 Å². The fourth-order valence-corrected chi connectivity index (χ4v) is 3.71. The summed E-state index contributed by atoms with van der Waals surface area (Å²) < 4.78 is 5.98. The van der Waals surface area contributed by atoms with Gasteiger partial charge in [0, 0.05) is 38.4 Å². The Hall–Kier alpha value is -2.37.